The summed E-state index contributed by atoms with van der Waals surface area (Å²) in [5.74, 6) is -1.40. The van der Waals surface area contributed by atoms with Gasteiger partial charge in [0, 0.05) is 12.8 Å². The summed E-state index contributed by atoms with van der Waals surface area (Å²) in [6.07, 6.45) is 6.47. The van der Waals surface area contributed by atoms with Gasteiger partial charge in [0.25, 0.3) is 0 Å². The van der Waals surface area contributed by atoms with Crippen LogP contribution in [0.2, 0.25) is 0 Å². The Labute approximate surface area is 161 Å². The molecule has 0 unspecified atom stereocenters. The Morgan fingerprint density at radius 3 is 2.44 bits per heavy atom. The molecule has 0 spiro atoms. The summed E-state index contributed by atoms with van der Waals surface area (Å²) in [4.78, 5) is 38.3. The van der Waals surface area contributed by atoms with Crippen LogP contribution in [0, 0.1) is 11.3 Å². The summed E-state index contributed by atoms with van der Waals surface area (Å²) in [7, 11) is 0. The highest BCUT2D eigenvalue weighted by Gasteiger charge is 2.54. The van der Waals surface area contributed by atoms with Crippen molar-refractivity contribution in [2.24, 2.45) is 11.3 Å². The lowest BCUT2D eigenvalue weighted by atomic mass is 9.75. The molecule has 27 heavy (non-hydrogen) atoms. The van der Waals surface area contributed by atoms with Gasteiger partial charge < -0.3 is 9.47 Å². The standard InChI is InChI=1S/C22H30O5/c1-13-7-9-20(4,5)17-8-10-21(6,27-17)12-16-18(24)14(2)11-22(16,19(13)25)26-15(3)23/h11-13,17H,7-10H2,1-6H3/b16-12-/t13-,17+,21-,22+/m1/s1. The van der Waals surface area contributed by atoms with Crippen LogP contribution in [0.5, 0.6) is 0 Å². The minimum absolute atomic E-state index is 0.0634. The molecule has 3 rings (SSSR count). The molecule has 2 heterocycles. The number of hydrogen-bond donors (Lipinski definition) is 0. The third-order valence-corrected chi connectivity index (χ3v) is 6.40. The average molecular weight is 374 g/mol. The van der Waals surface area contributed by atoms with Gasteiger partial charge in [0.1, 0.15) is 0 Å². The van der Waals surface area contributed by atoms with Crippen molar-refractivity contribution in [2.75, 3.05) is 0 Å². The Balaban J connectivity index is 2.19. The van der Waals surface area contributed by atoms with E-state index in [1.807, 2.05) is 13.8 Å². The van der Waals surface area contributed by atoms with E-state index >= 15 is 0 Å². The van der Waals surface area contributed by atoms with Crippen molar-refractivity contribution in [1.82, 2.24) is 0 Å². The number of ether oxygens (including phenoxy) is 2. The van der Waals surface area contributed by atoms with Crippen LogP contribution in [0.25, 0.3) is 0 Å². The Hall–Kier alpha value is -1.75. The summed E-state index contributed by atoms with van der Waals surface area (Å²) < 4.78 is 12.0. The topological polar surface area (TPSA) is 69.7 Å². The van der Waals surface area contributed by atoms with Gasteiger partial charge in [-0.25, -0.2) is 0 Å². The second kappa shape index (κ2) is 6.40. The maximum absolute atomic E-state index is 13.5. The van der Waals surface area contributed by atoms with Gasteiger partial charge in [-0.05, 0) is 62.7 Å². The molecule has 2 aliphatic heterocycles. The fourth-order valence-electron chi connectivity index (χ4n) is 4.64. The summed E-state index contributed by atoms with van der Waals surface area (Å²) in [6, 6.07) is 0. The number of Topliss-reactive ketones (excluding diaryl/α,β-unsaturated/α-hetero) is 2. The third-order valence-electron chi connectivity index (χ3n) is 6.40. The number of hydrogen-bond acceptors (Lipinski definition) is 5. The Kier molecular flexibility index (Phi) is 4.74. The lowest BCUT2D eigenvalue weighted by Crippen LogP contribution is -2.46. The van der Waals surface area contributed by atoms with Crippen LogP contribution >= 0.6 is 0 Å². The van der Waals surface area contributed by atoms with Crippen LogP contribution in [0.15, 0.2) is 23.3 Å². The molecule has 0 aromatic heterocycles. The van der Waals surface area contributed by atoms with Gasteiger partial charge in [-0.3, -0.25) is 14.4 Å². The molecule has 1 saturated heterocycles. The number of esters is 1. The van der Waals surface area contributed by atoms with E-state index in [0.29, 0.717) is 12.0 Å². The summed E-state index contributed by atoms with van der Waals surface area (Å²) in [5, 5.41) is 0. The molecule has 5 heteroatoms. The van der Waals surface area contributed by atoms with E-state index in [1.54, 1.807) is 13.0 Å². The predicted octanol–water partition coefficient (Wildman–Crippen LogP) is 3.71. The molecule has 0 aromatic carbocycles. The fraction of sp³-hybridized carbons (Fsp3) is 0.682. The second-order valence-corrected chi connectivity index (χ2v) is 9.29. The predicted molar refractivity (Wildman–Crippen MR) is 101 cm³/mol. The lowest BCUT2D eigenvalue weighted by Gasteiger charge is -2.33. The van der Waals surface area contributed by atoms with Crippen LogP contribution in [-0.2, 0) is 23.9 Å². The van der Waals surface area contributed by atoms with Crippen molar-refractivity contribution >= 4 is 17.5 Å². The molecular weight excluding hydrogens is 344 g/mol. The van der Waals surface area contributed by atoms with Crippen molar-refractivity contribution in [3.8, 4) is 0 Å². The van der Waals surface area contributed by atoms with Crippen molar-refractivity contribution in [2.45, 2.75) is 84.5 Å². The highest BCUT2D eigenvalue weighted by atomic mass is 16.6. The smallest absolute Gasteiger partial charge is 0.304 e. The minimum atomic E-state index is -1.63. The number of fused-ring (bicyclic) bond motifs is 3. The van der Waals surface area contributed by atoms with Crippen molar-refractivity contribution in [3.63, 3.8) is 0 Å². The summed E-state index contributed by atoms with van der Waals surface area (Å²) in [6.45, 7) is 11.1. The molecule has 5 nitrogen and oxygen atoms in total. The minimum Gasteiger partial charge on any atom is -0.442 e. The summed E-state index contributed by atoms with van der Waals surface area (Å²) >= 11 is 0. The molecule has 1 aliphatic carbocycles. The van der Waals surface area contributed by atoms with E-state index in [2.05, 4.69) is 13.8 Å². The number of carbonyl (C=O) groups is 3. The van der Waals surface area contributed by atoms with E-state index in [4.69, 9.17) is 9.47 Å². The molecule has 0 N–H and O–H groups in total. The molecule has 0 radical (unpaired) electrons. The van der Waals surface area contributed by atoms with Gasteiger partial charge >= 0.3 is 5.97 Å². The van der Waals surface area contributed by atoms with Crippen molar-refractivity contribution in [3.05, 3.63) is 23.3 Å². The normalized spacial score (nSPS) is 40.5. The van der Waals surface area contributed by atoms with Gasteiger partial charge in [-0.15, -0.1) is 0 Å². The first-order valence-corrected chi connectivity index (χ1v) is 9.79. The van der Waals surface area contributed by atoms with Crippen LogP contribution < -0.4 is 0 Å². The molecule has 3 aliphatic rings. The first-order valence-electron chi connectivity index (χ1n) is 9.79. The molecule has 0 aromatic rings. The summed E-state index contributed by atoms with van der Waals surface area (Å²) in [5.41, 5.74) is -1.71. The first kappa shape index (κ1) is 20.0. The lowest BCUT2D eigenvalue weighted by molar-refractivity contribution is -0.158. The molecule has 0 amide bonds. The zero-order valence-corrected chi connectivity index (χ0v) is 17.2. The zero-order chi connectivity index (χ0) is 20.2. The van der Waals surface area contributed by atoms with Gasteiger partial charge in [-0.1, -0.05) is 20.8 Å². The number of carbonyl (C=O) groups excluding carboxylic acids is 3. The fourth-order valence-corrected chi connectivity index (χ4v) is 4.64. The zero-order valence-electron chi connectivity index (χ0n) is 17.2. The second-order valence-electron chi connectivity index (χ2n) is 9.29. The molecular formula is C22H30O5. The Bertz CT molecular complexity index is 759. The van der Waals surface area contributed by atoms with Crippen molar-refractivity contribution < 1.29 is 23.9 Å². The SMILES string of the molecule is CC(=O)O[C@@]12C=C(C)C(=O)/C1=C/[C@@]1(C)CC[C@H](O1)C(C)(C)CC[C@@H](C)C2=O. The van der Waals surface area contributed by atoms with Crippen molar-refractivity contribution in [1.29, 1.82) is 0 Å². The van der Waals surface area contributed by atoms with Gasteiger partial charge in [0.2, 0.25) is 5.60 Å². The quantitative estimate of drug-likeness (QED) is 0.655. The third kappa shape index (κ3) is 3.31. The van der Waals surface area contributed by atoms with Gasteiger partial charge in [0.05, 0.1) is 17.3 Å². The van der Waals surface area contributed by atoms with Gasteiger partial charge in [-0.2, -0.15) is 0 Å². The maximum atomic E-state index is 13.5. The van der Waals surface area contributed by atoms with Crippen LogP contribution in [0.1, 0.15) is 67.2 Å². The maximum Gasteiger partial charge on any atom is 0.304 e. The van der Waals surface area contributed by atoms with E-state index in [1.165, 1.54) is 13.0 Å². The Morgan fingerprint density at radius 1 is 1.15 bits per heavy atom. The van der Waals surface area contributed by atoms with Crippen LogP contribution in [-0.4, -0.2) is 34.8 Å². The average Bonchev–Trinajstić information content (AvgIpc) is 3.06. The number of allylic oxidation sites excluding steroid dienone is 1. The first-order chi connectivity index (χ1) is 12.4. The number of ketones is 2. The van der Waals surface area contributed by atoms with Crippen LogP contribution in [0.4, 0.5) is 0 Å². The van der Waals surface area contributed by atoms with Crippen LogP contribution in [0.3, 0.4) is 0 Å². The van der Waals surface area contributed by atoms with E-state index in [-0.39, 0.29) is 34.6 Å². The van der Waals surface area contributed by atoms with E-state index < -0.39 is 17.2 Å². The highest BCUT2D eigenvalue weighted by molar-refractivity contribution is 6.20. The largest absolute Gasteiger partial charge is 0.442 e. The van der Waals surface area contributed by atoms with E-state index in [0.717, 1.165) is 19.3 Å². The highest BCUT2D eigenvalue weighted by Crippen LogP contribution is 2.47. The molecule has 1 fully saturated rings. The molecule has 148 valence electrons. The number of rotatable bonds is 1. The molecule has 0 saturated carbocycles. The van der Waals surface area contributed by atoms with Gasteiger partial charge in [0.15, 0.2) is 11.6 Å². The monoisotopic (exact) mass is 374 g/mol. The molecule has 2 bridgehead atoms. The van der Waals surface area contributed by atoms with E-state index in [9.17, 15) is 14.4 Å². The Morgan fingerprint density at radius 2 is 1.81 bits per heavy atom. The molecule has 4 atom stereocenters.